The van der Waals surface area contributed by atoms with Gasteiger partial charge in [-0.1, -0.05) is 0 Å². The van der Waals surface area contributed by atoms with Gasteiger partial charge in [-0.05, 0) is 6.07 Å². The van der Waals surface area contributed by atoms with Crippen molar-refractivity contribution in [3.63, 3.8) is 0 Å². The fourth-order valence-corrected chi connectivity index (χ4v) is 1.68. The first kappa shape index (κ1) is 11.1. The predicted molar refractivity (Wildman–Crippen MR) is 59.1 cm³/mol. The minimum atomic E-state index is -1.17. The summed E-state index contributed by atoms with van der Waals surface area (Å²) < 4.78 is 0. The Hall–Kier alpha value is -2.35. The van der Waals surface area contributed by atoms with Crippen LogP contribution in [0, 0.1) is 0 Å². The van der Waals surface area contributed by atoms with Gasteiger partial charge < -0.3 is 5.11 Å². The van der Waals surface area contributed by atoms with E-state index in [2.05, 4.69) is 20.3 Å². The molecule has 0 saturated heterocycles. The number of aromatic carboxylic acids is 1. The highest BCUT2D eigenvalue weighted by Gasteiger charge is 2.15. The highest BCUT2D eigenvalue weighted by atomic mass is 32.1. The molecular weight excluding hydrogens is 244 g/mol. The van der Waals surface area contributed by atoms with Crippen molar-refractivity contribution < 1.29 is 14.7 Å². The fourth-order valence-electron chi connectivity index (χ4n) is 0.995. The fraction of sp³-hybridized carbons (Fsp3) is 0. The van der Waals surface area contributed by atoms with Gasteiger partial charge in [0.1, 0.15) is 0 Å². The van der Waals surface area contributed by atoms with Gasteiger partial charge in [-0.15, -0.1) is 11.3 Å². The Labute approximate surface area is 99.2 Å². The van der Waals surface area contributed by atoms with Crippen molar-refractivity contribution in [2.45, 2.75) is 0 Å². The summed E-state index contributed by atoms with van der Waals surface area (Å²) in [7, 11) is 0. The minimum Gasteiger partial charge on any atom is -0.476 e. The molecular formula is C9H6N4O3S. The van der Waals surface area contributed by atoms with Gasteiger partial charge in [0.05, 0.1) is 0 Å². The third kappa shape index (κ3) is 2.61. The lowest BCUT2D eigenvalue weighted by Crippen LogP contribution is -2.14. The van der Waals surface area contributed by atoms with E-state index in [0.29, 0.717) is 0 Å². The number of thiazole rings is 1. The molecule has 2 aromatic rings. The van der Waals surface area contributed by atoms with Crippen LogP contribution in [0.3, 0.4) is 0 Å². The van der Waals surface area contributed by atoms with Gasteiger partial charge in [0.25, 0.3) is 5.91 Å². The van der Waals surface area contributed by atoms with Gasteiger partial charge in [0.15, 0.2) is 10.7 Å². The number of rotatable bonds is 3. The van der Waals surface area contributed by atoms with Gasteiger partial charge >= 0.3 is 5.97 Å². The maximum absolute atomic E-state index is 11.6. The number of nitrogens with one attached hydrogen (secondary N) is 1. The number of carbonyl (C=O) groups excluding carboxylic acids is 1. The van der Waals surface area contributed by atoms with Crippen LogP contribution in [0.5, 0.6) is 0 Å². The average Bonchev–Trinajstić information content (AvgIpc) is 2.79. The molecule has 86 valence electrons. The number of nitrogens with zero attached hydrogens (tertiary/aromatic N) is 3. The summed E-state index contributed by atoms with van der Waals surface area (Å²) in [5, 5.41) is 12.4. The SMILES string of the molecule is O=C(O)c1csc(C(=O)Nc2ncccn2)n1. The van der Waals surface area contributed by atoms with E-state index < -0.39 is 11.9 Å². The second-order valence-corrected chi connectivity index (χ2v) is 3.73. The number of aromatic nitrogens is 3. The van der Waals surface area contributed by atoms with E-state index in [9.17, 15) is 9.59 Å². The number of carbonyl (C=O) groups is 2. The molecule has 8 heteroatoms. The first-order valence-electron chi connectivity index (χ1n) is 4.44. The van der Waals surface area contributed by atoms with Crippen LogP contribution in [0.1, 0.15) is 20.3 Å². The monoisotopic (exact) mass is 250 g/mol. The highest BCUT2D eigenvalue weighted by Crippen LogP contribution is 2.11. The van der Waals surface area contributed by atoms with Gasteiger partial charge in [0, 0.05) is 17.8 Å². The van der Waals surface area contributed by atoms with Crippen LogP contribution in [-0.4, -0.2) is 31.9 Å². The third-order valence-corrected chi connectivity index (χ3v) is 2.55. The van der Waals surface area contributed by atoms with Gasteiger partial charge in [0.2, 0.25) is 5.95 Å². The topological polar surface area (TPSA) is 105 Å². The van der Waals surface area contributed by atoms with Gasteiger partial charge in [-0.2, -0.15) is 0 Å². The maximum Gasteiger partial charge on any atom is 0.355 e. The van der Waals surface area contributed by atoms with Crippen LogP contribution in [0.15, 0.2) is 23.8 Å². The van der Waals surface area contributed by atoms with Crippen LogP contribution in [0.4, 0.5) is 5.95 Å². The quantitative estimate of drug-likeness (QED) is 0.837. The van der Waals surface area contributed by atoms with E-state index in [4.69, 9.17) is 5.11 Å². The lowest BCUT2D eigenvalue weighted by Gasteiger charge is -1.98. The summed E-state index contributed by atoms with van der Waals surface area (Å²) in [5.41, 5.74) is -0.158. The molecule has 2 aromatic heterocycles. The first-order valence-corrected chi connectivity index (χ1v) is 5.32. The van der Waals surface area contributed by atoms with Crippen LogP contribution in [0.2, 0.25) is 0 Å². The molecule has 0 atom stereocenters. The lowest BCUT2D eigenvalue weighted by atomic mass is 10.5. The van der Waals surface area contributed by atoms with Gasteiger partial charge in [-0.25, -0.2) is 19.7 Å². The van der Waals surface area contributed by atoms with Crippen molar-refractivity contribution in [3.05, 3.63) is 34.5 Å². The Kier molecular flexibility index (Phi) is 3.06. The molecule has 0 aliphatic carbocycles. The van der Waals surface area contributed by atoms with Crippen molar-refractivity contribution in [2.75, 3.05) is 5.32 Å². The first-order chi connectivity index (χ1) is 8.16. The van der Waals surface area contributed by atoms with E-state index in [1.54, 1.807) is 6.07 Å². The smallest absolute Gasteiger partial charge is 0.355 e. The second-order valence-electron chi connectivity index (χ2n) is 2.87. The molecule has 2 heterocycles. The zero-order valence-electron chi connectivity index (χ0n) is 8.32. The zero-order valence-corrected chi connectivity index (χ0v) is 9.14. The molecule has 2 N–H and O–H groups in total. The molecule has 0 aromatic carbocycles. The number of amides is 1. The Morgan fingerprint density at radius 2 is 2.00 bits per heavy atom. The Balaban J connectivity index is 2.12. The van der Waals surface area contributed by atoms with Crippen molar-refractivity contribution in [1.29, 1.82) is 0 Å². The molecule has 0 saturated carbocycles. The predicted octanol–water partition coefficient (Wildman–Crippen LogP) is 0.884. The van der Waals surface area contributed by atoms with Crippen LogP contribution >= 0.6 is 11.3 Å². The molecule has 1 amide bonds. The molecule has 17 heavy (non-hydrogen) atoms. The number of anilines is 1. The highest BCUT2D eigenvalue weighted by molar-refractivity contribution is 7.12. The van der Waals surface area contributed by atoms with Crippen molar-refractivity contribution in [2.24, 2.45) is 0 Å². The maximum atomic E-state index is 11.6. The molecule has 0 bridgehead atoms. The van der Waals surface area contributed by atoms with E-state index >= 15 is 0 Å². The molecule has 0 aliphatic heterocycles. The lowest BCUT2D eigenvalue weighted by molar-refractivity contribution is 0.0691. The largest absolute Gasteiger partial charge is 0.476 e. The normalized spacial score (nSPS) is 9.88. The molecule has 0 fully saturated rings. The van der Waals surface area contributed by atoms with Crippen molar-refractivity contribution in [3.8, 4) is 0 Å². The number of hydrogen-bond donors (Lipinski definition) is 2. The summed E-state index contributed by atoms with van der Waals surface area (Å²) in [4.78, 5) is 33.5. The molecule has 2 rings (SSSR count). The number of carboxylic acid groups (broad SMARTS) is 1. The number of hydrogen-bond acceptors (Lipinski definition) is 6. The standard InChI is InChI=1S/C9H6N4O3S/c14-6(13-9-10-2-1-3-11-9)7-12-5(4-17-7)8(15)16/h1-4H,(H,15,16)(H,10,11,13,14). The average molecular weight is 250 g/mol. The van der Waals surface area contributed by atoms with Crippen LogP contribution in [0.25, 0.3) is 0 Å². The molecule has 0 aliphatic rings. The molecule has 0 spiro atoms. The molecule has 0 unspecified atom stereocenters. The zero-order chi connectivity index (χ0) is 12.3. The molecule has 7 nitrogen and oxygen atoms in total. The van der Waals surface area contributed by atoms with Crippen molar-refractivity contribution in [1.82, 2.24) is 15.0 Å². The number of carboxylic acids is 1. The second kappa shape index (κ2) is 4.66. The van der Waals surface area contributed by atoms with E-state index in [1.165, 1.54) is 17.8 Å². The Morgan fingerprint density at radius 3 is 2.59 bits per heavy atom. The van der Waals surface area contributed by atoms with Crippen molar-refractivity contribution >= 4 is 29.2 Å². The summed E-state index contributed by atoms with van der Waals surface area (Å²) in [6, 6.07) is 1.61. The summed E-state index contributed by atoms with van der Waals surface area (Å²) in [6.07, 6.45) is 2.96. The Morgan fingerprint density at radius 1 is 1.29 bits per heavy atom. The molecule has 0 radical (unpaired) electrons. The van der Waals surface area contributed by atoms with E-state index in [1.807, 2.05) is 0 Å². The minimum absolute atomic E-state index is 0.0508. The van der Waals surface area contributed by atoms with Gasteiger partial charge in [-0.3, -0.25) is 10.1 Å². The summed E-state index contributed by atoms with van der Waals surface area (Å²) in [6.45, 7) is 0. The van der Waals surface area contributed by atoms with Crippen LogP contribution < -0.4 is 5.32 Å². The van der Waals surface area contributed by atoms with Crippen LogP contribution in [-0.2, 0) is 0 Å². The van der Waals surface area contributed by atoms with E-state index in [-0.39, 0.29) is 16.6 Å². The Bertz CT molecular complexity index is 554. The summed E-state index contributed by atoms with van der Waals surface area (Å²) in [5.74, 6) is -1.56. The third-order valence-electron chi connectivity index (χ3n) is 1.71. The summed E-state index contributed by atoms with van der Waals surface area (Å²) >= 11 is 0.946. The van der Waals surface area contributed by atoms with E-state index in [0.717, 1.165) is 11.3 Å².